The van der Waals surface area contributed by atoms with E-state index < -0.39 is 11.9 Å². The molecular weight excluding hydrogens is 270 g/mol. The third kappa shape index (κ3) is 3.70. The van der Waals surface area contributed by atoms with Crippen LogP contribution in [0.15, 0.2) is 42.6 Å². The molecular formula is C15H13N3O3. The highest BCUT2D eigenvalue weighted by Gasteiger charge is 2.12. The molecule has 2 rings (SSSR count). The van der Waals surface area contributed by atoms with Crippen molar-refractivity contribution in [2.75, 3.05) is 11.9 Å². The number of aromatic nitrogens is 1. The van der Waals surface area contributed by atoms with Crippen molar-refractivity contribution in [1.29, 1.82) is 5.26 Å². The summed E-state index contributed by atoms with van der Waals surface area (Å²) in [6, 6.07) is 11.8. The molecule has 21 heavy (non-hydrogen) atoms. The minimum Gasteiger partial charge on any atom is -0.451 e. The molecule has 106 valence electrons. The summed E-state index contributed by atoms with van der Waals surface area (Å²) in [5, 5.41) is 11.3. The number of hydrogen-bond donors (Lipinski definition) is 1. The van der Waals surface area contributed by atoms with Crippen molar-refractivity contribution >= 4 is 17.6 Å². The largest absolute Gasteiger partial charge is 0.451 e. The minimum absolute atomic E-state index is 0.370. The van der Waals surface area contributed by atoms with Gasteiger partial charge in [-0.25, -0.2) is 4.79 Å². The van der Waals surface area contributed by atoms with E-state index in [0.29, 0.717) is 16.9 Å². The van der Waals surface area contributed by atoms with Gasteiger partial charge in [0.25, 0.3) is 5.91 Å². The van der Waals surface area contributed by atoms with Crippen LogP contribution in [0, 0.1) is 11.3 Å². The fourth-order valence-corrected chi connectivity index (χ4v) is 1.74. The maximum atomic E-state index is 11.7. The molecule has 1 N–H and O–H groups in total. The molecule has 0 bridgehead atoms. The number of aryl methyl sites for hydroxylation is 1. The summed E-state index contributed by atoms with van der Waals surface area (Å²) in [5.41, 5.74) is 1.29. The summed E-state index contributed by atoms with van der Waals surface area (Å²) in [4.78, 5) is 23.4. The first-order valence-corrected chi connectivity index (χ1v) is 6.18. The van der Waals surface area contributed by atoms with Gasteiger partial charge in [0, 0.05) is 18.9 Å². The maximum Gasteiger partial charge on any atom is 0.355 e. The Labute approximate surface area is 121 Å². The van der Waals surface area contributed by atoms with Gasteiger partial charge in [0.05, 0.1) is 11.6 Å². The second-order valence-corrected chi connectivity index (χ2v) is 4.32. The van der Waals surface area contributed by atoms with Crippen molar-refractivity contribution in [3.8, 4) is 6.07 Å². The molecule has 1 heterocycles. The average Bonchev–Trinajstić information content (AvgIpc) is 2.91. The number of rotatable bonds is 4. The van der Waals surface area contributed by atoms with Gasteiger partial charge in [-0.15, -0.1) is 0 Å². The van der Waals surface area contributed by atoms with E-state index in [1.165, 1.54) is 6.07 Å². The first-order chi connectivity index (χ1) is 10.1. The predicted molar refractivity (Wildman–Crippen MR) is 75.5 cm³/mol. The van der Waals surface area contributed by atoms with Gasteiger partial charge >= 0.3 is 5.97 Å². The molecule has 1 aromatic carbocycles. The highest BCUT2D eigenvalue weighted by Crippen LogP contribution is 2.09. The Kier molecular flexibility index (Phi) is 4.36. The maximum absolute atomic E-state index is 11.7. The fourth-order valence-electron chi connectivity index (χ4n) is 1.74. The Hall–Kier alpha value is -3.07. The lowest BCUT2D eigenvalue weighted by Crippen LogP contribution is -2.21. The van der Waals surface area contributed by atoms with E-state index in [9.17, 15) is 9.59 Å². The topological polar surface area (TPSA) is 84.1 Å². The Morgan fingerprint density at radius 1 is 1.33 bits per heavy atom. The molecule has 0 fully saturated rings. The lowest BCUT2D eigenvalue weighted by molar-refractivity contribution is -0.119. The Balaban J connectivity index is 1.89. The van der Waals surface area contributed by atoms with Crippen molar-refractivity contribution < 1.29 is 14.3 Å². The normalized spacial score (nSPS) is 9.71. The zero-order valence-corrected chi connectivity index (χ0v) is 11.4. The standard InChI is InChI=1S/C15H13N3O3/c1-18-7-3-6-13(18)15(20)21-10-14(19)17-12-5-2-4-11(8-12)9-16/h2-8H,10H2,1H3,(H,17,19). The van der Waals surface area contributed by atoms with Crippen LogP contribution in [-0.2, 0) is 16.6 Å². The van der Waals surface area contributed by atoms with Crippen LogP contribution >= 0.6 is 0 Å². The number of carbonyl (C=O) groups is 2. The van der Waals surface area contributed by atoms with Crippen LogP contribution in [0.5, 0.6) is 0 Å². The van der Waals surface area contributed by atoms with Crippen LogP contribution in [0.2, 0.25) is 0 Å². The van der Waals surface area contributed by atoms with Gasteiger partial charge in [-0.05, 0) is 30.3 Å². The Morgan fingerprint density at radius 3 is 2.81 bits per heavy atom. The summed E-state index contributed by atoms with van der Waals surface area (Å²) in [5.74, 6) is -1.03. The number of nitriles is 1. The fraction of sp³-hybridized carbons (Fsp3) is 0.133. The number of hydrogen-bond acceptors (Lipinski definition) is 4. The van der Waals surface area contributed by atoms with Crippen molar-refractivity contribution in [2.45, 2.75) is 0 Å². The van der Waals surface area contributed by atoms with E-state index in [1.807, 2.05) is 6.07 Å². The van der Waals surface area contributed by atoms with Crippen molar-refractivity contribution in [2.24, 2.45) is 7.05 Å². The zero-order chi connectivity index (χ0) is 15.2. The summed E-state index contributed by atoms with van der Waals surface area (Å²) < 4.78 is 6.53. The molecule has 2 aromatic rings. The summed E-state index contributed by atoms with van der Waals surface area (Å²) in [6.07, 6.45) is 1.71. The van der Waals surface area contributed by atoms with E-state index in [0.717, 1.165) is 0 Å². The van der Waals surface area contributed by atoms with Crippen molar-refractivity contribution in [3.63, 3.8) is 0 Å². The lowest BCUT2D eigenvalue weighted by atomic mass is 10.2. The van der Waals surface area contributed by atoms with Crippen LogP contribution < -0.4 is 5.32 Å². The van der Waals surface area contributed by atoms with E-state index >= 15 is 0 Å². The minimum atomic E-state index is -0.566. The number of nitrogens with zero attached hydrogens (tertiary/aromatic N) is 2. The van der Waals surface area contributed by atoms with Gasteiger partial charge in [0.15, 0.2) is 6.61 Å². The van der Waals surface area contributed by atoms with Gasteiger partial charge < -0.3 is 14.6 Å². The number of benzene rings is 1. The molecule has 0 aliphatic carbocycles. The summed E-state index contributed by atoms with van der Waals surface area (Å²) >= 11 is 0. The molecule has 0 saturated carbocycles. The molecule has 0 atom stereocenters. The van der Waals surface area contributed by atoms with E-state index in [2.05, 4.69) is 5.32 Å². The van der Waals surface area contributed by atoms with Crippen LogP contribution in [-0.4, -0.2) is 23.1 Å². The molecule has 6 nitrogen and oxygen atoms in total. The second-order valence-electron chi connectivity index (χ2n) is 4.32. The molecule has 0 aliphatic heterocycles. The molecule has 0 radical (unpaired) electrons. The molecule has 6 heteroatoms. The number of ether oxygens (including phenoxy) is 1. The number of carbonyl (C=O) groups excluding carboxylic acids is 2. The smallest absolute Gasteiger partial charge is 0.355 e. The van der Waals surface area contributed by atoms with Gasteiger partial charge in [-0.1, -0.05) is 6.07 Å². The lowest BCUT2D eigenvalue weighted by Gasteiger charge is -2.07. The molecule has 0 saturated heterocycles. The van der Waals surface area contributed by atoms with Crippen LogP contribution in [0.4, 0.5) is 5.69 Å². The molecule has 1 amide bonds. The molecule has 0 aliphatic rings. The Morgan fingerprint density at radius 2 is 2.14 bits per heavy atom. The number of anilines is 1. The SMILES string of the molecule is Cn1cccc1C(=O)OCC(=O)Nc1cccc(C#N)c1. The summed E-state index contributed by atoms with van der Waals surface area (Å²) in [7, 11) is 1.71. The quantitative estimate of drug-likeness (QED) is 0.865. The van der Waals surface area contributed by atoms with Crippen molar-refractivity contribution in [3.05, 3.63) is 53.9 Å². The molecule has 0 unspecified atom stereocenters. The summed E-state index contributed by atoms with van der Waals surface area (Å²) in [6.45, 7) is -0.388. The number of esters is 1. The van der Waals surface area contributed by atoms with Crippen molar-refractivity contribution in [1.82, 2.24) is 4.57 Å². The highest BCUT2D eigenvalue weighted by atomic mass is 16.5. The average molecular weight is 283 g/mol. The third-order valence-electron chi connectivity index (χ3n) is 2.76. The van der Waals surface area contributed by atoms with E-state index in [1.54, 1.807) is 48.1 Å². The highest BCUT2D eigenvalue weighted by molar-refractivity contribution is 5.95. The Bertz CT molecular complexity index is 713. The predicted octanol–water partition coefficient (Wildman–Crippen LogP) is 1.69. The third-order valence-corrected chi connectivity index (χ3v) is 2.76. The van der Waals surface area contributed by atoms with Crippen LogP contribution in [0.25, 0.3) is 0 Å². The molecule has 1 aromatic heterocycles. The second kappa shape index (κ2) is 6.39. The monoisotopic (exact) mass is 283 g/mol. The first-order valence-electron chi connectivity index (χ1n) is 6.18. The van der Waals surface area contributed by atoms with Crippen LogP contribution in [0.3, 0.4) is 0 Å². The van der Waals surface area contributed by atoms with Gasteiger partial charge in [0.1, 0.15) is 5.69 Å². The molecule has 0 spiro atoms. The number of amides is 1. The zero-order valence-electron chi connectivity index (χ0n) is 11.4. The van der Waals surface area contributed by atoms with Gasteiger partial charge in [-0.2, -0.15) is 5.26 Å². The van der Waals surface area contributed by atoms with Gasteiger partial charge in [-0.3, -0.25) is 4.79 Å². The first kappa shape index (κ1) is 14.3. The van der Waals surface area contributed by atoms with Gasteiger partial charge in [0.2, 0.25) is 0 Å². The van der Waals surface area contributed by atoms with E-state index in [-0.39, 0.29) is 6.61 Å². The van der Waals surface area contributed by atoms with Crippen LogP contribution in [0.1, 0.15) is 16.1 Å². The number of nitrogens with one attached hydrogen (secondary N) is 1. The van der Waals surface area contributed by atoms with E-state index in [4.69, 9.17) is 10.00 Å².